The standard InChI is InChI=1S/C21H30N2O3/c1-13(21(25)26-2)19(14-7-4-3-5-8-14)23-20(24)17-11-15-9-6-10-16(12-17)18(15)22/h3-5,7-8,13,15-19H,6,9-12,22H2,1-2H3,(H,23,24). The van der Waals surface area contributed by atoms with Gasteiger partial charge in [0, 0.05) is 12.0 Å². The van der Waals surface area contributed by atoms with Crippen LogP contribution < -0.4 is 11.1 Å². The Hall–Kier alpha value is -1.88. The maximum Gasteiger partial charge on any atom is 0.310 e. The number of carbonyl (C=O) groups excluding carboxylic acids is 2. The fourth-order valence-electron chi connectivity index (χ4n) is 4.75. The lowest BCUT2D eigenvalue weighted by atomic mass is 9.65. The third-order valence-corrected chi connectivity index (χ3v) is 6.31. The molecule has 0 aromatic heterocycles. The number of carbonyl (C=O) groups is 2. The summed E-state index contributed by atoms with van der Waals surface area (Å²) in [6, 6.07) is 9.50. The van der Waals surface area contributed by atoms with Gasteiger partial charge in [-0.05, 0) is 50.0 Å². The number of nitrogens with one attached hydrogen (secondary N) is 1. The minimum atomic E-state index is -0.448. The van der Waals surface area contributed by atoms with Crippen LogP contribution in [0.5, 0.6) is 0 Å². The van der Waals surface area contributed by atoms with Crippen LogP contribution >= 0.6 is 0 Å². The van der Waals surface area contributed by atoms with Gasteiger partial charge in [-0.25, -0.2) is 0 Å². The third-order valence-electron chi connectivity index (χ3n) is 6.31. The summed E-state index contributed by atoms with van der Waals surface area (Å²) in [6.45, 7) is 1.80. The van der Waals surface area contributed by atoms with Gasteiger partial charge in [0.2, 0.25) is 5.91 Å². The van der Waals surface area contributed by atoms with Crippen LogP contribution in [0.25, 0.3) is 0 Å². The van der Waals surface area contributed by atoms with E-state index < -0.39 is 5.92 Å². The van der Waals surface area contributed by atoms with Crippen molar-refractivity contribution < 1.29 is 14.3 Å². The summed E-state index contributed by atoms with van der Waals surface area (Å²) in [5.41, 5.74) is 7.27. The number of benzene rings is 1. The average Bonchev–Trinajstić information content (AvgIpc) is 2.65. The van der Waals surface area contributed by atoms with Crippen LogP contribution in [0.3, 0.4) is 0 Å². The lowest BCUT2D eigenvalue weighted by Crippen LogP contribution is -2.50. The number of amides is 1. The number of esters is 1. The molecule has 1 aromatic carbocycles. The van der Waals surface area contributed by atoms with E-state index in [0.717, 1.165) is 31.2 Å². The highest BCUT2D eigenvalue weighted by Gasteiger charge is 2.41. The average molecular weight is 358 g/mol. The van der Waals surface area contributed by atoms with Crippen molar-refractivity contribution in [1.29, 1.82) is 0 Å². The molecule has 2 aliphatic carbocycles. The Morgan fingerprint density at radius 1 is 1.15 bits per heavy atom. The fourth-order valence-corrected chi connectivity index (χ4v) is 4.75. The smallest absolute Gasteiger partial charge is 0.310 e. The normalized spacial score (nSPS) is 30.1. The highest BCUT2D eigenvalue weighted by molar-refractivity contribution is 5.81. The van der Waals surface area contributed by atoms with Crippen molar-refractivity contribution in [3.8, 4) is 0 Å². The largest absolute Gasteiger partial charge is 0.469 e. The fraction of sp³-hybridized carbons (Fsp3) is 0.619. The lowest BCUT2D eigenvalue weighted by molar-refractivity contribution is -0.146. The van der Waals surface area contributed by atoms with Crippen molar-refractivity contribution in [1.82, 2.24) is 5.32 Å². The van der Waals surface area contributed by atoms with Crippen LogP contribution in [-0.4, -0.2) is 25.0 Å². The summed E-state index contributed by atoms with van der Waals surface area (Å²) in [4.78, 5) is 25.1. The molecular formula is C21H30N2O3. The molecule has 0 radical (unpaired) electrons. The molecule has 26 heavy (non-hydrogen) atoms. The maximum atomic E-state index is 13.0. The molecule has 0 heterocycles. The summed E-state index contributed by atoms with van der Waals surface area (Å²) in [6.07, 6.45) is 5.20. The van der Waals surface area contributed by atoms with E-state index in [9.17, 15) is 9.59 Å². The zero-order valence-corrected chi connectivity index (χ0v) is 15.7. The summed E-state index contributed by atoms with van der Waals surface area (Å²) in [5.74, 6) is 0.163. The molecule has 1 aromatic rings. The molecule has 4 atom stereocenters. The minimum Gasteiger partial charge on any atom is -0.469 e. The number of ether oxygens (including phenoxy) is 1. The second-order valence-corrected chi connectivity index (χ2v) is 7.91. The molecule has 1 amide bonds. The molecule has 2 bridgehead atoms. The zero-order valence-electron chi connectivity index (χ0n) is 15.7. The second kappa shape index (κ2) is 8.21. The van der Waals surface area contributed by atoms with Crippen LogP contribution in [0.15, 0.2) is 30.3 Å². The van der Waals surface area contributed by atoms with Crippen molar-refractivity contribution in [2.45, 2.75) is 51.1 Å². The van der Waals surface area contributed by atoms with E-state index in [0.29, 0.717) is 11.8 Å². The number of rotatable bonds is 5. The number of hydrogen-bond acceptors (Lipinski definition) is 4. The third kappa shape index (κ3) is 3.93. The van der Waals surface area contributed by atoms with Gasteiger partial charge < -0.3 is 15.8 Å². The van der Waals surface area contributed by atoms with Crippen molar-refractivity contribution in [2.24, 2.45) is 29.4 Å². The number of fused-ring (bicyclic) bond motifs is 2. The van der Waals surface area contributed by atoms with Crippen molar-refractivity contribution in [2.75, 3.05) is 7.11 Å². The predicted molar refractivity (Wildman–Crippen MR) is 100 cm³/mol. The molecule has 0 spiro atoms. The molecule has 3 rings (SSSR count). The first-order valence-electron chi connectivity index (χ1n) is 9.70. The van der Waals surface area contributed by atoms with Gasteiger partial charge in [-0.3, -0.25) is 9.59 Å². The lowest BCUT2D eigenvalue weighted by Gasteiger charge is -2.43. The zero-order chi connectivity index (χ0) is 18.7. The SMILES string of the molecule is COC(=O)C(C)C(NC(=O)C1CC2CCCC(C1)C2N)c1ccccc1. The van der Waals surface area contributed by atoms with Crippen molar-refractivity contribution in [3.63, 3.8) is 0 Å². The molecule has 0 saturated heterocycles. The van der Waals surface area contributed by atoms with Gasteiger partial charge in [0.15, 0.2) is 0 Å². The first-order chi connectivity index (χ1) is 12.5. The molecule has 5 nitrogen and oxygen atoms in total. The van der Waals surface area contributed by atoms with Gasteiger partial charge in [0.25, 0.3) is 0 Å². The molecule has 0 aliphatic heterocycles. The van der Waals surface area contributed by atoms with E-state index in [2.05, 4.69) is 5.32 Å². The second-order valence-electron chi connectivity index (χ2n) is 7.91. The Balaban J connectivity index is 1.74. The van der Waals surface area contributed by atoms with Crippen LogP contribution in [0.1, 0.15) is 50.6 Å². The summed E-state index contributed by atoms with van der Waals surface area (Å²) in [5, 5.41) is 3.14. The van der Waals surface area contributed by atoms with E-state index >= 15 is 0 Å². The quantitative estimate of drug-likeness (QED) is 0.793. The van der Waals surface area contributed by atoms with Crippen LogP contribution in [0, 0.1) is 23.7 Å². The highest BCUT2D eigenvalue weighted by Crippen LogP contribution is 2.42. The molecule has 2 aliphatic rings. The Morgan fingerprint density at radius 2 is 1.77 bits per heavy atom. The van der Waals surface area contributed by atoms with E-state index in [-0.39, 0.29) is 29.9 Å². The molecule has 4 unspecified atom stereocenters. The summed E-state index contributed by atoms with van der Waals surface area (Å²) < 4.78 is 4.91. The Morgan fingerprint density at radius 3 is 2.35 bits per heavy atom. The summed E-state index contributed by atoms with van der Waals surface area (Å²) >= 11 is 0. The Labute approximate surface area is 155 Å². The molecule has 2 saturated carbocycles. The Kier molecular flexibility index (Phi) is 5.97. The van der Waals surface area contributed by atoms with Crippen LogP contribution in [0.2, 0.25) is 0 Å². The van der Waals surface area contributed by atoms with Crippen molar-refractivity contribution >= 4 is 11.9 Å². The van der Waals surface area contributed by atoms with Gasteiger partial charge in [0.1, 0.15) is 0 Å². The van der Waals surface area contributed by atoms with E-state index in [1.54, 1.807) is 6.92 Å². The van der Waals surface area contributed by atoms with Crippen molar-refractivity contribution in [3.05, 3.63) is 35.9 Å². The molecular weight excluding hydrogens is 328 g/mol. The molecule has 3 N–H and O–H groups in total. The van der Waals surface area contributed by atoms with Gasteiger partial charge >= 0.3 is 5.97 Å². The molecule has 142 valence electrons. The number of methoxy groups -OCH3 is 1. The Bertz CT molecular complexity index is 619. The first-order valence-corrected chi connectivity index (χ1v) is 9.70. The number of nitrogens with two attached hydrogens (primary N) is 1. The topological polar surface area (TPSA) is 81.4 Å². The van der Waals surface area contributed by atoms with E-state index in [1.165, 1.54) is 13.5 Å². The minimum absolute atomic E-state index is 0.0128. The molecule has 5 heteroatoms. The van der Waals surface area contributed by atoms with E-state index in [4.69, 9.17) is 10.5 Å². The predicted octanol–water partition coefficient (Wildman–Crippen LogP) is 2.81. The van der Waals surface area contributed by atoms with Crippen LogP contribution in [-0.2, 0) is 14.3 Å². The first kappa shape index (κ1) is 18.9. The number of hydrogen-bond donors (Lipinski definition) is 2. The van der Waals surface area contributed by atoms with Gasteiger partial charge in [-0.1, -0.05) is 36.8 Å². The van der Waals surface area contributed by atoms with Gasteiger partial charge in [0.05, 0.1) is 19.1 Å². The molecule has 2 fully saturated rings. The summed E-state index contributed by atoms with van der Waals surface area (Å²) in [7, 11) is 1.38. The van der Waals surface area contributed by atoms with Gasteiger partial charge in [-0.15, -0.1) is 0 Å². The monoisotopic (exact) mass is 358 g/mol. The highest BCUT2D eigenvalue weighted by atomic mass is 16.5. The van der Waals surface area contributed by atoms with E-state index in [1.807, 2.05) is 30.3 Å². The van der Waals surface area contributed by atoms with Gasteiger partial charge in [-0.2, -0.15) is 0 Å². The maximum absolute atomic E-state index is 13.0. The van der Waals surface area contributed by atoms with Crippen LogP contribution in [0.4, 0.5) is 0 Å².